The van der Waals surface area contributed by atoms with E-state index in [1.165, 1.54) is 21.8 Å². The van der Waals surface area contributed by atoms with Crippen molar-refractivity contribution in [3.8, 4) is 0 Å². The standard InChI is InChI=1S/C17H14ClN3OS2/c1-11-6-8-12(9-7-11)23-10-15-20-21-17(24-15)19-16(22)13-4-2-3-5-14(13)18/h2-9H,10H2,1H3,(H,19,21,22). The fourth-order valence-corrected chi connectivity index (χ4v) is 3.79. The Morgan fingerprint density at radius 1 is 1.17 bits per heavy atom. The van der Waals surface area contributed by atoms with Crippen LogP contribution in [0.3, 0.4) is 0 Å². The molecule has 1 amide bonds. The van der Waals surface area contributed by atoms with Crippen molar-refractivity contribution < 1.29 is 4.79 Å². The van der Waals surface area contributed by atoms with Crippen LogP contribution in [0.2, 0.25) is 5.02 Å². The lowest BCUT2D eigenvalue weighted by atomic mass is 10.2. The molecule has 0 atom stereocenters. The molecule has 2 aromatic carbocycles. The maximum Gasteiger partial charge on any atom is 0.259 e. The van der Waals surface area contributed by atoms with E-state index in [0.717, 1.165) is 5.01 Å². The Labute approximate surface area is 153 Å². The predicted molar refractivity (Wildman–Crippen MR) is 100 cm³/mol. The number of rotatable bonds is 5. The molecule has 7 heteroatoms. The summed E-state index contributed by atoms with van der Waals surface area (Å²) in [7, 11) is 0. The third kappa shape index (κ3) is 4.35. The van der Waals surface area contributed by atoms with Crippen LogP contribution in [0.4, 0.5) is 5.13 Å². The Morgan fingerprint density at radius 3 is 2.67 bits per heavy atom. The summed E-state index contributed by atoms with van der Waals surface area (Å²) in [5, 5.41) is 12.6. The summed E-state index contributed by atoms with van der Waals surface area (Å²) in [6.45, 7) is 2.06. The van der Waals surface area contributed by atoms with Gasteiger partial charge in [-0.3, -0.25) is 10.1 Å². The highest BCUT2D eigenvalue weighted by Crippen LogP contribution is 2.26. The molecule has 0 saturated heterocycles. The predicted octanol–water partition coefficient (Wildman–Crippen LogP) is 5.04. The molecule has 3 aromatic rings. The first-order chi connectivity index (χ1) is 11.6. The van der Waals surface area contributed by atoms with Crippen LogP contribution in [0.5, 0.6) is 0 Å². The fraction of sp³-hybridized carbons (Fsp3) is 0.118. The highest BCUT2D eigenvalue weighted by molar-refractivity contribution is 7.98. The van der Waals surface area contributed by atoms with Crippen molar-refractivity contribution >= 4 is 45.7 Å². The van der Waals surface area contributed by atoms with Crippen molar-refractivity contribution in [1.82, 2.24) is 10.2 Å². The maximum atomic E-state index is 12.2. The van der Waals surface area contributed by atoms with Crippen molar-refractivity contribution in [2.75, 3.05) is 5.32 Å². The van der Waals surface area contributed by atoms with E-state index in [1.807, 2.05) is 0 Å². The highest BCUT2D eigenvalue weighted by Gasteiger charge is 2.12. The van der Waals surface area contributed by atoms with Gasteiger partial charge in [0, 0.05) is 4.90 Å². The van der Waals surface area contributed by atoms with E-state index >= 15 is 0 Å². The number of benzene rings is 2. The number of halogens is 1. The monoisotopic (exact) mass is 375 g/mol. The molecule has 0 radical (unpaired) electrons. The molecule has 122 valence electrons. The van der Waals surface area contributed by atoms with Crippen LogP contribution in [0.25, 0.3) is 0 Å². The molecule has 0 spiro atoms. The largest absolute Gasteiger partial charge is 0.296 e. The Bertz CT molecular complexity index is 849. The second-order valence-corrected chi connectivity index (χ2v) is 7.55. The molecule has 0 aliphatic rings. The summed E-state index contributed by atoms with van der Waals surface area (Å²) >= 11 is 9.08. The molecule has 0 bridgehead atoms. The zero-order chi connectivity index (χ0) is 16.9. The van der Waals surface area contributed by atoms with Crippen molar-refractivity contribution in [3.05, 3.63) is 69.7 Å². The molecule has 0 aliphatic heterocycles. The van der Waals surface area contributed by atoms with Crippen LogP contribution >= 0.6 is 34.7 Å². The van der Waals surface area contributed by atoms with Crippen LogP contribution in [0.15, 0.2) is 53.4 Å². The van der Waals surface area contributed by atoms with Gasteiger partial charge in [0.05, 0.1) is 16.3 Å². The summed E-state index contributed by atoms with van der Waals surface area (Å²) in [4.78, 5) is 13.4. The lowest BCUT2D eigenvalue weighted by Gasteiger charge is -2.02. The van der Waals surface area contributed by atoms with Gasteiger partial charge < -0.3 is 0 Å². The minimum atomic E-state index is -0.283. The summed E-state index contributed by atoms with van der Waals surface area (Å²) < 4.78 is 0. The molecule has 4 nitrogen and oxygen atoms in total. The third-order valence-electron chi connectivity index (χ3n) is 3.19. The highest BCUT2D eigenvalue weighted by atomic mass is 35.5. The van der Waals surface area contributed by atoms with Crippen LogP contribution < -0.4 is 5.32 Å². The zero-order valence-corrected chi connectivity index (χ0v) is 15.2. The molecule has 0 saturated carbocycles. The summed E-state index contributed by atoms with van der Waals surface area (Å²) in [6, 6.07) is 15.2. The van der Waals surface area contributed by atoms with Gasteiger partial charge in [0.25, 0.3) is 5.91 Å². The van der Waals surface area contributed by atoms with E-state index in [9.17, 15) is 4.79 Å². The van der Waals surface area contributed by atoms with Gasteiger partial charge in [0.15, 0.2) is 0 Å². The van der Waals surface area contributed by atoms with Gasteiger partial charge in [-0.1, -0.05) is 52.8 Å². The van der Waals surface area contributed by atoms with Crippen molar-refractivity contribution in [2.45, 2.75) is 17.6 Å². The molecule has 3 rings (SSSR count). The minimum Gasteiger partial charge on any atom is -0.296 e. The van der Waals surface area contributed by atoms with Crippen LogP contribution in [0, 0.1) is 6.92 Å². The van der Waals surface area contributed by atoms with Crippen molar-refractivity contribution in [3.63, 3.8) is 0 Å². The molecule has 24 heavy (non-hydrogen) atoms. The minimum absolute atomic E-state index is 0.283. The molecule has 1 heterocycles. The van der Waals surface area contributed by atoms with Crippen LogP contribution in [-0.2, 0) is 5.75 Å². The quantitative estimate of drug-likeness (QED) is 0.634. The summed E-state index contributed by atoms with van der Waals surface area (Å²) in [5.41, 5.74) is 1.66. The normalized spacial score (nSPS) is 10.6. The number of nitrogens with one attached hydrogen (secondary N) is 1. The molecule has 0 aliphatic carbocycles. The van der Waals surface area contributed by atoms with Crippen LogP contribution in [-0.4, -0.2) is 16.1 Å². The van der Waals surface area contributed by atoms with E-state index in [-0.39, 0.29) is 5.91 Å². The van der Waals surface area contributed by atoms with Crippen molar-refractivity contribution in [2.24, 2.45) is 0 Å². The van der Waals surface area contributed by atoms with Gasteiger partial charge >= 0.3 is 0 Å². The fourth-order valence-electron chi connectivity index (χ4n) is 1.95. The smallest absolute Gasteiger partial charge is 0.259 e. The zero-order valence-electron chi connectivity index (χ0n) is 12.8. The van der Waals surface area contributed by atoms with Crippen molar-refractivity contribution in [1.29, 1.82) is 0 Å². The average Bonchev–Trinajstić information content (AvgIpc) is 3.02. The van der Waals surface area contributed by atoms with E-state index < -0.39 is 0 Å². The van der Waals surface area contributed by atoms with Gasteiger partial charge in [-0.2, -0.15) is 0 Å². The SMILES string of the molecule is Cc1ccc(SCc2nnc(NC(=O)c3ccccc3Cl)s2)cc1. The average molecular weight is 376 g/mol. The lowest BCUT2D eigenvalue weighted by Crippen LogP contribution is -2.12. The number of thioether (sulfide) groups is 1. The van der Waals surface area contributed by atoms with E-state index in [2.05, 4.69) is 46.7 Å². The number of hydrogen-bond donors (Lipinski definition) is 1. The van der Waals surface area contributed by atoms with Gasteiger partial charge in [0.1, 0.15) is 5.01 Å². The number of hydrogen-bond acceptors (Lipinski definition) is 5. The van der Waals surface area contributed by atoms with Crippen LogP contribution in [0.1, 0.15) is 20.9 Å². The lowest BCUT2D eigenvalue weighted by molar-refractivity contribution is 0.102. The molecule has 0 unspecified atom stereocenters. The van der Waals surface area contributed by atoms with E-state index in [4.69, 9.17) is 11.6 Å². The first kappa shape index (κ1) is 17.0. The number of anilines is 1. The summed E-state index contributed by atoms with van der Waals surface area (Å²) in [5.74, 6) is 0.428. The number of carbonyl (C=O) groups excluding carboxylic acids is 1. The number of aromatic nitrogens is 2. The number of aryl methyl sites for hydroxylation is 1. The van der Waals surface area contributed by atoms with Gasteiger partial charge in [0.2, 0.25) is 5.13 Å². The van der Waals surface area contributed by atoms with Gasteiger partial charge in [-0.15, -0.1) is 22.0 Å². The molecular formula is C17H14ClN3OS2. The number of nitrogens with zero attached hydrogens (tertiary/aromatic N) is 2. The third-order valence-corrected chi connectivity index (χ3v) is 5.56. The van der Waals surface area contributed by atoms with E-state index in [0.29, 0.717) is 21.5 Å². The molecular weight excluding hydrogens is 362 g/mol. The Kier molecular flexibility index (Phi) is 5.50. The topological polar surface area (TPSA) is 54.9 Å². The Balaban J connectivity index is 1.60. The Morgan fingerprint density at radius 2 is 1.92 bits per heavy atom. The summed E-state index contributed by atoms with van der Waals surface area (Å²) in [6.07, 6.45) is 0. The van der Waals surface area contributed by atoms with Gasteiger partial charge in [-0.25, -0.2) is 0 Å². The molecule has 1 N–H and O–H groups in total. The Hall–Kier alpha value is -1.89. The van der Waals surface area contributed by atoms with Gasteiger partial charge in [-0.05, 0) is 31.2 Å². The van der Waals surface area contributed by atoms with E-state index in [1.54, 1.807) is 36.0 Å². The second-order valence-electron chi connectivity index (χ2n) is 5.04. The number of amides is 1. The first-order valence-electron chi connectivity index (χ1n) is 7.19. The molecule has 0 fully saturated rings. The molecule has 1 aromatic heterocycles. The first-order valence-corrected chi connectivity index (χ1v) is 9.37. The second kappa shape index (κ2) is 7.79. The number of carbonyl (C=O) groups is 1. The maximum absolute atomic E-state index is 12.2.